The zero-order chi connectivity index (χ0) is 11.4. The van der Waals surface area contributed by atoms with Crippen LogP contribution in [0.25, 0.3) is 0 Å². The van der Waals surface area contributed by atoms with Crippen molar-refractivity contribution in [3.05, 3.63) is 34.9 Å². The predicted octanol–water partition coefficient (Wildman–Crippen LogP) is 2.12. The van der Waals surface area contributed by atoms with Gasteiger partial charge in [-0.3, -0.25) is 4.90 Å². The van der Waals surface area contributed by atoms with E-state index in [-0.39, 0.29) is 6.10 Å². The molecular weight excluding hydrogens is 186 g/mol. The molecule has 0 amide bonds. The number of aliphatic hydroxyl groups is 1. The van der Waals surface area contributed by atoms with Gasteiger partial charge in [-0.25, -0.2) is 0 Å². The summed E-state index contributed by atoms with van der Waals surface area (Å²) in [5.41, 5.74) is 3.92. The van der Waals surface area contributed by atoms with E-state index in [1.54, 1.807) is 0 Å². The molecule has 2 heteroatoms. The minimum absolute atomic E-state index is 0.263. The standard InChI is InChI=1S/C13H21NO/c1-10-5-11(2)7-13(6-10)9-14(4)8-12(3)15/h5-7,12,15H,8-9H2,1-4H3. The summed E-state index contributed by atoms with van der Waals surface area (Å²) in [4.78, 5) is 2.14. The maximum absolute atomic E-state index is 9.27. The number of nitrogens with zero attached hydrogens (tertiary/aromatic N) is 1. The summed E-state index contributed by atoms with van der Waals surface area (Å²) in [6, 6.07) is 6.58. The summed E-state index contributed by atoms with van der Waals surface area (Å²) < 4.78 is 0. The van der Waals surface area contributed by atoms with E-state index >= 15 is 0 Å². The van der Waals surface area contributed by atoms with E-state index in [0.717, 1.165) is 6.54 Å². The Labute approximate surface area is 92.5 Å². The Bertz CT molecular complexity index is 300. The number of likely N-dealkylation sites (N-methyl/N-ethyl adjacent to an activating group) is 1. The van der Waals surface area contributed by atoms with E-state index < -0.39 is 0 Å². The van der Waals surface area contributed by atoms with Gasteiger partial charge in [0, 0.05) is 13.1 Å². The Morgan fingerprint density at radius 3 is 2.20 bits per heavy atom. The summed E-state index contributed by atoms with van der Waals surface area (Å²) in [6.07, 6.45) is -0.263. The van der Waals surface area contributed by atoms with Crippen LogP contribution in [0.4, 0.5) is 0 Å². The first-order valence-corrected chi connectivity index (χ1v) is 5.41. The molecule has 0 fully saturated rings. The normalized spacial score (nSPS) is 13.2. The van der Waals surface area contributed by atoms with E-state index in [9.17, 15) is 5.11 Å². The summed E-state index contributed by atoms with van der Waals surface area (Å²) >= 11 is 0. The predicted molar refractivity (Wildman–Crippen MR) is 63.9 cm³/mol. The largest absolute Gasteiger partial charge is 0.392 e. The molecule has 0 saturated carbocycles. The van der Waals surface area contributed by atoms with Gasteiger partial charge in [-0.1, -0.05) is 29.3 Å². The first-order valence-electron chi connectivity index (χ1n) is 5.41. The maximum atomic E-state index is 9.27. The van der Waals surface area contributed by atoms with E-state index in [1.807, 2.05) is 14.0 Å². The quantitative estimate of drug-likeness (QED) is 0.817. The molecule has 1 rings (SSSR count). The molecule has 1 unspecified atom stereocenters. The number of hydrogen-bond acceptors (Lipinski definition) is 2. The molecule has 0 aromatic heterocycles. The van der Waals surface area contributed by atoms with Gasteiger partial charge in [0.15, 0.2) is 0 Å². The minimum atomic E-state index is -0.263. The monoisotopic (exact) mass is 207 g/mol. The highest BCUT2D eigenvalue weighted by molar-refractivity contribution is 5.28. The minimum Gasteiger partial charge on any atom is -0.392 e. The average Bonchev–Trinajstić information content (AvgIpc) is 1.98. The Morgan fingerprint density at radius 1 is 1.20 bits per heavy atom. The van der Waals surface area contributed by atoms with Crippen molar-refractivity contribution >= 4 is 0 Å². The highest BCUT2D eigenvalue weighted by Crippen LogP contribution is 2.10. The lowest BCUT2D eigenvalue weighted by Crippen LogP contribution is -2.26. The van der Waals surface area contributed by atoms with E-state index in [0.29, 0.717) is 6.54 Å². The summed E-state index contributed by atoms with van der Waals surface area (Å²) in [5.74, 6) is 0. The van der Waals surface area contributed by atoms with Gasteiger partial charge < -0.3 is 5.11 Å². The van der Waals surface area contributed by atoms with Crippen LogP contribution in [0.2, 0.25) is 0 Å². The molecular formula is C13H21NO. The summed E-state index contributed by atoms with van der Waals surface area (Å²) in [6.45, 7) is 7.66. The van der Waals surface area contributed by atoms with E-state index in [2.05, 4.69) is 36.9 Å². The van der Waals surface area contributed by atoms with Crippen molar-refractivity contribution in [3.63, 3.8) is 0 Å². The summed E-state index contributed by atoms with van der Waals surface area (Å²) in [7, 11) is 2.03. The highest BCUT2D eigenvalue weighted by Gasteiger charge is 2.04. The molecule has 1 N–H and O–H groups in total. The van der Waals surface area contributed by atoms with Crippen molar-refractivity contribution < 1.29 is 5.11 Å². The molecule has 2 nitrogen and oxygen atoms in total. The van der Waals surface area contributed by atoms with Crippen LogP contribution in [-0.2, 0) is 6.54 Å². The lowest BCUT2D eigenvalue weighted by Gasteiger charge is -2.18. The molecule has 0 saturated heterocycles. The number of aryl methyl sites for hydroxylation is 2. The van der Waals surface area contributed by atoms with Crippen LogP contribution >= 0.6 is 0 Å². The second-order valence-corrected chi connectivity index (χ2v) is 4.54. The maximum Gasteiger partial charge on any atom is 0.0639 e. The second kappa shape index (κ2) is 5.29. The molecule has 0 aliphatic heterocycles. The molecule has 15 heavy (non-hydrogen) atoms. The van der Waals surface area contributed by atoms with Crippen molar-refractivity contribution in [3.8, 4) is 0 Å². The summed E-state index contributed by atoms with van der Waals surface area (Å²) in [5, 5.41) is 9.27. The van der Waals surface area contributed by atoms with Gasteiger partial charge in [0.2, 0.25) is 0 Å². The first-order chi connectivity index (χ1) is 6.97. The number of aliphatic hydroxyl groups excluding tert-OH is 1. The van der Waals surface area contributed by atoms with Crippen LogP contribution in [0.3, 0.4) is 0 Å². The molecule has 0 heterocycles. The van der Waals surface area contributed by atoms with E-state index in [4.69, 9.17) is 0 Å². The molecule has 1 aromatic rings. The van der Waals surface area contributed by atoms with Gasteiger partial charge in [0.1, 0.15) is 0 Å². The molecule has 0 spiro atoms. The molecule has 0 radical (unpaired) electrons. The van der Waals surface area contributed by atoms with Crippen molar-refractivity contribution in [2.45, 2.75) is 33.4 Å². The smallest absolute Gasteiger partial charge is 0.0639 e. The van der Waals surface area contributed by atoms with Gasteiger partial charge in [-0.15, -0.1) is 0 Å². The first kappa shape index (κ1) is 12.2. The second-order valence-electron chi connectivity index (χ2n) is 4.54. The third-order valence-corrected chi connectivity index (χ3v) is 2.31. The zero-order valence-electron chi connectivity index (χ0n) is 10.1. The SMILES string of the molecule is Cc1cc(C)cc(CN(C)CC(C)O)c1. The molecule has 1 atom stereocenters. The van der Waals surface area contributed by atoms with E-state index in [1.165, 1.54) is 16.7 Å². The fourth-order valence-electron chi connectivity index (χ4n) is 1.99. The molecule has 84 valence electrons. The Morgan fingerprint density at radius 2 is 1.73 bits per heavy atom. The Balaban J connectivity index is 2.63. The van der Waals surface area contributed by atoms with Gasteiger partial charge in [0.05, 0.1) is 6.10 Å². The van der Waals surface area contributed by atoms with Crippen LogP contribution in [0.15, 0.2) is 18.2 Å². The Hall–Kier alpha value is -0.860. The van der Waals surface area contributed by atoms with Crippen molar-refractivity contribution in [2.75, 3.05) is 13.6 Å². The third kappa shape index (κ3) is 4.45. The lowest BCUT2D eigenvalue weighted by atomic mass is 10.1. The fourth-order valence-corrected chi connectivity index (χ4v) is 1.99. The molecule has 0 bridgehead atoms. The number of benzene rings is 1. The lowest BCUT2D eigenvalue weighted by molar-refractivity contribution is 0.138. The van der Waals surface area contributed by atoms with Gasteiger partial charge in [-0.05, 0) is 33.4 Å². The van der Waals surface area contributed by atoms with Crippen molar-refractivity contribution in [2.24, 2.45) is 0 Å². The molecule has 1 aromatic carbocycles. The van der Waals surface area contributed by atoms with Gasteiger partial charge >= 0.3 is 0 Å². The van der Waals surface area contributed by atoms with Crippen LogP contribution < -0.4 is 0 Å². The Kier molecular flexibility index (Phi) is 4.30. The number of rotatable bonds is 4. The molecule has 0 aliphatic rings. The van der Waals surface area contributed by atoms with Gasteiger partial charge in [-0.2, -0.15) is 0 Å². The topological polar surface area (TPSA) is 23.5 Å². The van der Waals surface area contributed by atoms with Crippen LogP contribution in [0, 0.1) is 13.8 Å². The van der Waals surface area contributed by atoms with Crippen LogP contribution in [-0.4, -0.2) is 29.7 Å². The van der Waals surface area contributed by atoms with Crippen molar-refractivity contribution in [1.82, 2.24) is 4.90 Å². The van der Waals surface area contributed by atoms with Crippen LogP contribution in [0.1, 0.15) is 23.6 Å². The number of hydrogen-bond donors (Lipinski definition) is 1. The molecule has 0 aliphatic carbocycles. The zero-order valence-corrected chi connectivity index (χ0v) is 10.1. The average molecular weight is 207 g/mol. The third-order valence-electron chi connectivity index (χ3n) is 2.31. The van der Waals surface area contributed by atoms with Crippen LogP contribution in [0.5, 0.6) is 0 Å². The van der Waals surface area contributed by atoms with Crippen molar-refractivity contribution in [1.29, 1.82) is 0 Å². The highest BCUT2D eigenvalue weighted by atomic mass is 16.3. The van der Waals surface area contributed by atoms with Gasteiger partial charge in [0.25, 0.3) is 0 Å². The fraction of sp³-hybridized carbons (Fsp3) is 0.538.